The van der Waals surface area contributed by atoms with Crippen LogP contribution in [0.5, 0.6) is 0 Å². The van der Waals surface area contributed by atoms with Crippen molar-refractivity contribution in [1.82, 2.24) is 0 Å². The fraction of sp³-hybridized carbons (Fsp3) is 0.100. The number of rotatable bonds is 1. The van der Waals surface area contributed by atoms with Crippen LogP contribution < -0.4 is 0 Å². The first-order valence-corrected chi connectivity index (χ1v) is 7.41. The normalized spacial score (nSPS) is 14.0. The van der Waals surface area contributed by atoms with Gasteiger partial charge in [-0.05, 0) is 45.2 Å². The molecule has 1 aliphatic carbocycles. The second kappa shape index (κ2) is 4.98. The van der Waals surface area contributed by atoms with Crippen molar-refractivity contribution in [3.05, 3.63) is 77.4 Å². The maximum Gasteiger partial charge on any atom is 0.413 e. The van der Waals surface area contributed by atoms with Gasteiger partial charge in [-0.25, -0.2) is 0 Å². The molecule has 0 saturated heterocycles. The average molecular weight is 310 g/mol. The second-order valence-corrected chi connectivity index (χ2v) is 5.78. The highest BCUT2D eigenvalue weighted by atomic mass is 19.4. The molecular formula is C20H13F3. The first-order chi connectivity index (χ1) is 11.0. The maximum atomic E-state index is 13.0. The zero-order chi connectivity index (χ0) is 16.0. The van der Waals surface area contributed by atoms with E-state index >= 15 is 0 Å². The number of benzene rings is 3. The smallest absolute Gasteiger partial charge is 0.166 e. The zero-order valence-corrected chi connectivity index (χ0v) is 12.2. The molecular weight excluding hydrogens is 297 g/mol. The molecule has 0 fully saturated rings. The van der Waals surface area contributed by atoms with Crippen molar-refractivity contribution in [2.75, 3.05) is 0 Å². The Hall–Kier alpha value is -2.55. The Morgan fingerprint density at radius 3 is 2.35 bits per heavy atom. The summed E-state index contributed by atoms with van der Waals surface area (Å²) in [4.78, 5) is 0. The Balaban J connectivity index is 1.87. The van der Waals surface area contributed by atoms with Crippen molar-refractivity contribution in [3.8, 4) is 11.1 Å². The fourth-order valence-corrected chi connectivity index (χ4v) is 3.16. The second-order valence-electron chi connectivity index (χ2n) is 5.78. The largest absolute Gasteiger partial charge is 0.413 e. The van der Waals surface area contributed by atoms with Gasteiger partial charge in [-0.2, -0.15) is 13.2 Å². The SMILES string of the molecule is FC(F)(F)C1=Cc2c(cccc2-c2ccc3ccccc3c2)C1. The Bertz CT molecular complexity index is 933. The van der Waals surface area contributed by atoms with Crippen LogP contribution in [0.4, 0.5) is 13.2 Å². The molecule has 1 aliphatic rings. The third kappa shape index (κ3) is 2.42. The summed E-state index contributed by atoms with van der Waals surface area (Å²) in [6.07, 6.45) is -3.01. The molecule has 0 heterocycles. The van der Waals surface area contributed by atoms with E-state index in [1.54, 1.807) is 6.07 Å². The predicted octanol–water partition coefficient (Wildman–Crippen LogP) is 6.01. The topological polar surface area (TPSA) is 0 Å². The van der Waals surface area contributed by atoms with E-state index in [1.807, 2.05) is 54.6 Å². The van der Waals surface area contributed by atoms with E-state index in [4.69, 9.17) is 0 Å². The lowest BCUT2D eigenvalue weighted by Gasteiger charge is -2.09. The van der Waals surface area contributed by atoms with Crippen molar-refractivity contribution in [2.45, 2.75) is 12.6 Å². The number of hydrogen-bond acceptors (Lipinski definition) is 0. The van der Waals surface area contributed by atoms with Gasteiger partial charge >= 0.3 is 6.18 Å². The minimum atomic E-state index is -4.26. The van der Waals surface area contributed by atoms with Crippen LogP contribution in [0, 0.1) is 0 Å². The van der Waals surface area contributed by atoms with Crippen molar-refractivity contribution >= 4 is 16.8 Å². The van der Waals surface area contributed by atoms with Crippen LogP contribution in [-0.2, 0) is 6.42 Å². The zero-order valence-electron chi connectivity index (χ0n) is 12.2. The van der Waals surface area contributed by atoms with Gasteiger partial charge in [0.1, 0.15) is 0 Å². The third-order valence-corrected chi connectivity index (χ3v) is 4.32. The van der Waals surface area contributed by atoms with Gasteiger partial charge in [0.15, 0.2) is 0 Å². The highest BCUT2D eigenvalue weighted by Gasteiger charge is 2.36. The molecule has 0 N–H and O–H groups in total. The number of hydrogen-bond donors (Lipinski definition) is 0. The van der Waals surface area contributed by atoms with Gasteiger partial charge in [-0.3, -0.25) is 0 Å². The monoisotopic (exact) mass is 310 g/mol. The van der Waals surface area contributed by atoms with Crippen molar-refractivity contribution in [2.24, 2.45) is 0 Å². The van der Waals surface area contributed by atoms with E-state index in [0.29, 0.717) is 5.56 Å². The van der Waals surface area contributed by atoms with Gasteiger partial charge in [0.25, 0.3) is 0 Å². The standard InChI is InChI=1S/C20H13F3/c21-20(22,23)17-11-15-6-3-7-18(19(15)12-17)16-9-8-13-4-1-2-5-14(13)10-16/h1-10,12H,11H2. The van der Waals surface area contributed by atoms with Crippen LogP contribution in [0.15, 0.2) is 66.2 Å². The number of allylic oxidation sites excluding steroid dienone is 1. The number of halogens is 3. The van der Waals surface area contributed by atoms with Crippen LogP contribution in [0.2, 0.25) is 0 Å². The van der Waals surface area contributed by atoms with Gasteiger partial charge in [-0.15, -0.1) is 0 Å². The predicted molar refractivity (Wildman–Crippen MR) is 87.1 cm³/mol. The van der Waals surface area contributed by atoms with E-state index in [9.17, 15) is 13.2 Å². The summed E-state index contributed by atoms with van der Waals surface area (Å²) in [5, 5.41) is 2.20. The molecule has 0 spiro atoms. The summed E-state index contributed by atoms with van der Waals surface area (Å²) in [5.74, 6) is 0. The Labute approximate surface area is 131 Å². The van der Waals surface area contributed by atoms with Crippen molar-refractivity contribution in [3.63, 3.8) is 0 Å². The summed E-state index contributed by atoms with van der Waals surface area (Å²) < 4.78 is 39.0. The van der Waals surface area contributed by atoms with E-state index in [1.165, 1.54) is 6.08 Å². The van der Waals surface area contributed by atoms with Crippen LogP contribution in [0.1, 0.15) is 11.1 Å². The van der Waals surface area contributed by atoms with Crippen molar-refractivity contribution < 1.29 is 13.2 Å². The molecule has 4 rings (SSSR count). The lowest BCUT2D eigenvalue weighted by Crippen LogP contribution is -2.11. The van der Waals surface area contributed by atoms with E-state index in [-0.39, 0.29) is 6.42 Å². The maximum absolute atomic E-state index is 13.0. The molecule has 0 nitrogen and oxygen atoms in total. The first kappa shape index (κ1) is 14.1. The minimum absolute atomic E-state index is 0.0414. The quantitative estimate of drug-likeness (QED) is 0.516. The molecule has 0 unspecified atom stereocenters. The summed E-state index contributed by atoms with van der Waals surface area (Å²) in [5.41, 5.74) is 2.76. The van der Waals surface area contributed by atoms with E-state index < -0.39 is 11.7 Å². The number of fused-ring (bicyclic) bond motifs is 2. The molecule has 0 amide bonds. The van der Waals surface area contributed by atoms with E-state index in [2.05, 4.69) is 0 Å². The highest BCUT2D eigenvalue weighted by Crippen LogP contribution is 2.40. The van der Waals surface area contributed by atoms with Crippen molar-refractivity contribution in [1.29, 1.82) is 0 Å². The molecule has 0 bridgehead atoms. The van der Waals surface area contributed by atoms with Crippen LogP contribution in [0.25, 0.3) is 28.0 Å². The van der Waals surface area contributed by atoms with Gasteiger partial charge in [0.05, 0.1) is 0 Å². The number of alkyl halides is 3. The summed E-state index contributed by atoms with van der Waals surface area (Å²) >= 11 is 0. The lowest BCUT2D eigenvalue weighted by atomic mass is 9.95. The molecule has 0 radical (unpaired) electrons. The summed E-state index contributed by atoms with van der Waals surface area (Å²) in [6.45, 7) is 0. The molecule has 0 atom stereocenters. The lowest BCUT2D eigenvalue weighted by molar-refractivity contribution is -0.0918. The Kier molecular flexibility index (Phi) is 3.05. The van der Waals surface area contributed by atoms with Crippen LogP contribution in [-0.4, -0.2) is 6.18 Å². The van der Waals surface area contributed by atoms with Crippen LogP contribution >= 0.6 is 0 Å². The molecule has 23 heavy (non-hydrogen) atoms. The molecule has 0 saturated carbocycles. The first-order valence-electron chi connectivity index (χ1n) is 7.41. The molecule has 3 aromatic carbocycles. The highest BCUT2D eigenvalue weighted by molar-refractivity contribution is 5.90. The van der Waals surface area contributed by atoms with E-state index in [0.717, 1.165) is 27.5 Å². The van der Waals surface area contributed by atoms with Gasteiger partial charge in [0, 0.05) is 12.0 Å². The minimum Gasteiger partial charge on any atom is -0.166 e. The molecule has 3 heteroatoms. The van der Waals surface area contributed by atoms with Gasteiger partial charge in [0.2, 0.25) is 0 Å². The average Bonchev–Trinajstić information content (AvgIpc) is 2.99. The van der Waals surface area contributed by atoms with Crippen LogP contribution in [0.3, 0.4) is 0 Å². The summed E-state index contributed by atoms with van der Waals surface area (Å²) in [7, 11) is 0. The van der Waals surface area contributed by atoms with Gasteiger partial charge < -0.3 is 0 Å². The molecule has 3 aromatic rings. The third-order valence-electron chi connectivity index (χ3n) is 4.32. The molecule has 114 valence electrons. The summed E-state index contributed by atoms with van der Waals surface area (Å²) in [6, 6.07) is 19.5. The Morgan fingerprint density at radius 2 is 1.57 bits per heavy atom. The Morgan fingerprint density at radius 1 is 0.783 bits per heavy atom. The molecule has 0 aliphatic heterocycles. The van der Waals surface area contributed by atoms with Gasteiger partial charge in [-0.1, -0.05) is 54.6 Å². The fourth-order valence-electron chi connectivity index (χ4n) is 3.16. The molecule has 0 aromatic heterocycles.